The van der Waals surface area contributed by atoms with E-state index in [2.05, 4.69) is 52.1 Å². The number of nitro groups is 1. The molecule has 3 aromatic carbocycles. The largest absolute Gasteiger partial charge is 0.490 e. The summed E-state index contributed by atoms with van der Waals surface area (Å²) in [6.07, 6.45) is 0.638. The number of aryl methyl sites for hydroxylation is 1. The quantitative estimate of drug-likeness (QED) is 0.0840. The highest BCUT2D eigenvalue weighted by Crippen LogP contribution is 2.36. The Kier molecular flexibility index (Phi) is 9.69. The third kappa shape index (κ3) is 8.93. The number of non-ortho nitro benzene ring substituents is 1. The molecule has 0 unspecified atom stereocenters. The van der Waals surface area contributed by atoms with Crippen molar-refractivity contribution in [1.29, 1.82) is 0 Å². The lowest BCUT2D eigenvalue weighted by Gasteiger charge is -2.33. The van der Waals surface area contributed by atoms with Crippen molar-refractivity contribution in [1.82, 2.24) is 0 Å². The van der Waals surface area contributed by atoms with E-state index in [1.165, 1.54) is 23.8 Å². The molecular weight excluding hydrogens is 508 g/mol. The Labute approximate surface area is 235 Å². The number of carbonyl (C=O) groups is 2. The van der Waals surface area contributed by atoms with E-state index in [9.17, 15) is 19.7 Å². The number of anilines is 1. The van der Waals surface area contributed by atoms with Crippen LogP contribution in [0.15, 0.2) is 66.7 Å². The Morgan fingerprint density at radius 1 is 0.875 bits per heavy atom. The molecule has 3 aromatic rings. The number of carbonyl (C=O) groups excluding carboxylic acids is 2. The number of nitrogens with one attached hydrogen (secondary N) is 1. The fourth-order valence-electron chi connectivity index (χ4n) is 4.78. The van der Waals surface area contributed by atoms with E-state index in [1.54, 1.807) is 24.3 Å². The summed E-state index contributed by atoms with van der Waals surface area (Å²) in [4.78, 5) is 35.8. The number of benzene rings is 3. The topological polar surface area (TPSA) is 108 Å². The van der Waals surface area contributed by atoms with Gasteiger partial charge >= 0.3 is 0 Å². The van der Waals surface area contributed by atoms with E-state index in [0.29, 0.717) is 11.3 Å². The Morgan fingerprint density at radius 3 is 2.10 bits per heavy atom. The number of amides is 1. The van der Waals surface area contributed by atoms with Crippen molar-refractivity contribution in [2.75, 3.05) is 18.5 Å². The zero-order chi connectivity index (χ0) is 29.5. The van der Waals surface area contributed by atoms with Crippen LogP contribution in [-0.4, -0.2) is 29.8 Å². The van der Waals surface area contributed by atoms with E-state index in [1.807, 2.05) is 19.1 Å². The van der Waals surface area contributed by atoms with Crippen molar-refractivity contribution in [3.05, 3.63) is 93.5 Å². The lowest BCUT2D eigenvalue weighted by Crippen LogP contribution is -2.24. The highest BCUT2D eigenvalue weighted by Gasteiger charge is 2.27. The minimum absolute atomic E-state index is 0.0292. The Balaban J connectivity index is 1.59. The average Bonchev–Trinajstić information content (AvgIpc) is 2.86. The van der Waals surface area contributed by atoms with Crippen LogP contribution in [0.1, 0.15) is 68.9 Å². The number of ketones is 1. The molecule has 0 fully saturated rings. The van der Waals surface area contributed by atoms with E-state index < -0.39 is 17.3 Å². The molecule has 0 aliphatic rings. The number of ether oxygens (including phenoxy) is 2. The highest BCUT2D eigenvalue weighted by atomic mass is 16.6. The number of nitrogens with zero attached hydrogens (tertiary/aromatic N) is 1. The summed E-state index contributed by atoms with van der Waals surface area (Å²) in [5.41, 5.74) is 2.79. The molecule has 0 saturated heterocycles. The van der Waals surface area contributed by atoms with Gasteiger partial charge in [-0.2, -0.15) is 0 Å². The SMILES string of the molecule is Cc1ccc(C(=O)CC(=O)Nc2cc([N+](=O)[O-])ccc2OCCOc2ccc(C(C)(C)CC(C)(C)C)cc2)cc1. The molecule has 0 heterocycles. The minimum atomic E-state index is -0.596. The maximum atomic E-state index is 12.6. The molecule has 0 bridgehead atoms. The van der Waals surface area contributed by atoms with Crippen LogP contribution in [0.25, 0.3) is 0 Å². The van der Waals surface area contributed by atoms with Gasteiger partial charge in [-0.3, -0.25) is 19.7 Å². The van der Waals surface area contributed by atoms with Crippen molar-refractivity contribution in [3.8, 4) is 11.5 Å². The van der Waals surface area contributed by atoms with Crippen LogP contribution >= 0.6 is 0 Å². The maximum absolute atomic E-state index is 12.6. The van der Waals surface area contributed by atoms with Crippen LogP contribution in [0.2, 0.25) is 0 Å². The summed E-state index contributed by atoms with van der Waals surface area (Å²) in [7, 11) is 0. The summed E-state index contributed by atoms with van der Waals surface area (Å²) in [5, 5.41) is 13.9. The van der Waals surface area contributed by atoms with Crippen LogP contribution in [-0.2, 0) is 10.2 Å². The van der Waals surface area contributed by atoms with Crippen molar-refractivity contribution < 1.29 is 24.0 Å². The first-order chi connectivity index (χ1) is 18.7. The van der Waals surface area contributed by atoms with Crippen molar-refractivity contribution in [2.24, 2.45) is 5.41 Å². The van der Waals surface area contributed by atoms with Crippen LogP contribution in [0.3, 0.4) is 0 Å². The Morgan fingerprint density at radius 2 is 1.50 bits per heavy atom. The van der Waals surface area contributed by atoms with Gasteiger partial charge in [0.15, 0.2) is 5.78 Å². The van der Waals surface area contributed by atoms with E-state index in [0.717, 1.165) is 12.0 Å². The van der Waals surface area contributed by atoms with Gasteiger partial charge in [0.2, 0.25) is 5.91 Å². The summed E-state index contributed by atoms with van der Waals surface area (Å²) in [5.74, 6) is -0.0105. The smallest absolute Gasteiger partial charge is 0.271 e. The van der Waals surface area contributed by atoms with E-state index in [-0.39, 0.29) is 47.0 Å². The molecule has 40 heavy (non-hydrogen) atoms. The highest BCUT2D eigenvalue weighted by molar-refractivity contribution is 6.11. The molecule has 0 spiro atoms. The first kappa shape index (κ1) is 30.3. The monoisotopic (exact) mass is 546 g/mol. The fraction of sp³-hybridized carbons (Fsp3) is 0.375. The van der Waals surface area contributed by atoms with Crippen molar-refractivity contribution in [2.45, 2.75) is 59.8 Å². The summed E-state index contributed by atoms with van der Waals surface area (Å²) in [6.45, 7) is 13.4. The summed E-state index contributed by atoms with van der Waals surface area (Å²) in [6, 6.07) is 18.8. The molecule has 0 aliphatic carbocycles. The third-order valence-corrected chi connectivity index (χ3v) is 6.36. The normalized spacial score (nSPS) is 11.6. The molecule has 212 valence electrons. The first-order valence-corrected chi connectivity index (χ1v) is 13.3. The van der Waals surface area contributed by atoms with E-state index in [4.69, 9.17) is 9.47 Å². The second kappa shape index (κ2) is 12.8. The second-order valence-corrected chi connectivity index (χ2v) is 11.8. The van der Waals surface area contributed by atoms with E-state index >= 15 is 0 Å². The number of hydrogen-bond acceptors (Lipinski definition) is 6. The molecule has 0 saturated carbocycles. The molecule has 8 heteroatoms. The number of rotatable bonds is 12. The van der Waals surface area contributed by atoms with Gasteiger partial charge in [0.25, 0.3) is 5.69 Å². The van der Waals surface area contributed by atoms with Gasteiger partial charge in [0.1, 0.15) is 24.7 Å². The van der Waals surface area contributed by atoms with Crippen LogP contribution < -0.4 is 14.8 Å². The molecular formula is C32H38N2O6. The van der Waals surface area contributed by atoms with Gasteiger partial charge in [-0.25, -0.2) is 0 Å². The first-order valence-electron chi connectivity index (χ1n) is 13.3. The lowest BCUT2D eigenvalue weighted by molar-refractivity contribution is -0.384. The fourth-order valence-corrected chi connectivity index (χ4v) is 4.78. The number of Topliss-reactive ketones (excluding diaryl/α,β-unsaturated/α-hetero) is 1. The number of nitro benzene ring substituents is 1. The van der Waals surface area contributed by atoms with Crippen LogP contribution in [0, 0.1) is 22.5 Å². The van der Waals surface area contributed by atoms with Gasteiger partial charge in [0.05, 0.1) is 17.0 Å². The molecule has 0 aromatic heterocycles. The van der Waals surface area contributed by atoms with Gasteiger partial charge in [-0.15, -0.1) is 0 Å². The van der Waals surface area contributed by atoms with Crippen LogP contribution in [0.5, 0.6) is 11.5 Å². The van der Waals surface area contributed by atoms with Crippen molar-refractivity contribution >= 4 is 23.1 Å². The summed E-state index contributed by atoms with van der Waals surface area (Å²) < 4.78 is 11.6. The Hall–Kier alpha value is -4.20. The zero-order valence-corrected chi connectivity index (χ0v) is 24.1. The predicted octanol–water partition coefficient (Wildman–Crippen LogP) is 7.29. The zero-order valence-electron chi connectivity index (χ0n) is 24.1. The molecule has 1 amide bonds. The average molecular weight is 547 g/mol. The van der Waals surface area contributed by atoms with Crippen molar-refractivity contribution in [3.63, 3.8) is 0 Å². The maximum Gasteiger partial charge on any atom is 0.271 e. The minimum Gasteiger partial charge on any atom is -0.490 e. The molecule has 3 rings (SSSR count). The van der Waals surface area contributed by atoms with Gasteiger partial charge in [-0.05, 0) is 47.9 Å². The Bertz CT molecular complexity index is 1340. The molecule has 0 atom stereocenters. The molecule has 1 N–H and O–H groups in total. The lowest BCUT2D eigenvalue weighted by atomic mass is 9.72. The molecule has 0 radical (unpaired) electrons. The molecule has 0 aliphatic heterocycles. The van der Waals surface area contributed by atoms with Gasteiger partial charge < -0.3 is 14.8 Å². The standard InChI is InChI=1S/C32H38N2O6/c1-22-7-9-23(10-8-22)28(35)20-30(36)33-27-19-25(34(37)38)13-16-29(27)40-18-17-39-26-14-11-24(12-15-26)32(5,6)21-31(2,3)4/h7-16,19H,17-18,20-21H2,1-6H3,(H,33,36). The number of hydrogen-bond donors (Lipinski definition) is 1. The van der Waals surface area contributed by atoms with Gasteiger partial charge in [0, 0.05) is 17.7 Å². The molecule has 8 nitrogen and oxygen atoms in total. The van der Waals surface area contributed by atoms with Gasteiger partial charge in [-0.1, -0.05) is 76.6 Å². The second-order valence-electron chi connectivity index (χ2n) is 11.8. The third-order valence-electron chi connectivity index (χ3n) is 6.36. The van der Waals surface area contributed by atoms with Crippen LogP contribution in [0.4, 0.5) is 11.4 Å². The predicted molar refractivity (Wildman–Crippen MR) is 156 cm³/mol. The summed E-state index contributed by atoms with van der Waals surface area (Å²) >= 11 is 0.